The molecule has 8 heteroatoms. The van der Waals surface area contributed by atoms with Gasteiger partial charge in [-0.15, -0.1) is 0 Å². The second-order valence-corrected chi connectivity index (χ2v) is 6.29. The number of carbonyl (C=O) groups is 1. The van der Waals surface area contributed by atoms with E-state index in [0.717, 1.165) is 26.2 Å². The lowest BCUT2D eigenvalue weighted by Crippen LogP contribution is -2.44. The van der Waals surface area contributed by atoms with Crippen LogP contribution < -0.4 is 15.0 Å². The first kappa shape index (κ1) is 18.0. The number of carbonyl (C=O) groups excluding carboxylic acids is 1. The normalized spacial score (nSPS) is 14.0. The first-order valence-corrected chi connectivity index (χ1v) is 9.06. The van der Waals surface area contributed by atoms with Gasteiger partial charge in [-0.2, -0.15) is 9.97 Å². The lowest BCUT2D eigenvalue weighted by atomic mass is 10.1. The minimum atomic E-state index is -0.289. The van der Waals surface area contributed by atoms with Crippen LogP contribution in [0.5, 0.6) is 5.75 Å². The summed E-state index contributed by atoms with van der Waals surface area (Å²) in [4.78, 5) is 32.6. The standard InChI is InChI=1S/C20H20N6O2/c1-28-16-7-3-2-6-15(16)18-23-19(17(27)14-5-4-8-22-13-14)25-20(24-18)26-11-9-21-10-12-26/h2-8,13,21H,9-12H2,1H3. The fourth-order valence-corrected chi connectivity index (χ4v) is 3.05. The van der Waals surface area contributed by atoms with Gasteiger partial charge in [-0.05, 0) is 24.3 Å². The number of anilines is 1. The number of methoxy groups -OCH3 is 1. The van der Waals surface area contributed by atoms with Crippen LogP contribution in [0.25, 0.3) is 11.4 Å². The van der Waals surface area contributed by atoms with Crippen molar-refractivity contribution in [3.63, 3.8) is 0 Å². The Morgan fingerprint density at radius 3 is 2.64 bits per heavy atom. The largest absolute Gasteiger partial charge is 0.496 e. The summed E-state index contributed by atoms with van der Waals surface area (Å²) >= 11 is 0. The van der Waals surface area contributed by atoms with Crippen molar-refractivity contribution in [1.29, 1.82) is 0 Å². The molecule has 0 bridgehead atoms. The molecular formula is C20H20N6O2. The summed E-state index contributed by atoms with van der Waals surface area (Å²) in [5, 5.41) is 3.30. The van der Waals surface area contributed by atoms with E-state index < -0.39 is 0 Å². The maximum absolute atomic E-state index is 13.0. The molecule has 0 saturated carbocycles. The van der Waals surface area contributed by atoms with Crippen molar-refractivity contribution >= 4 is 11.7 Å². The maximum atomic E-state index is 13.0. The number of para-hydroxylation sites is 1. The Bertz CT molecular complexity index is 973. The van der Waals surface area contributed by atoms with E-state index in [-0.39, 0.29) is 11.6 Å². The highest BCUT2D eigenvalue weighted by molar-refractivity contribution is 6.06. The van der Waals surface area contributed by atoms with Crippen LogP contribution in [0.4, 0.5) is 5.95 Å². The number of benzene rings is 1. The van der Waals surface area contributed by atoms with Crippen LogP contribution in [0.3, 0.4) is 0 Å². The average molecular weight is 376 g/mol. The summed E-state index contributed by atoms with van der Waals surface area (Å²) in [5.41, 5.74) is 1.15. The van der Waals surface area contributed by atoms with Crippen LogP contribution in [0.15, 0.2) is 48.8 Å². The quantitative estimate of drug-likeness (QED) is 0.671. The molecule has 1 aromatic carbocycles. The Kier molecular flexibility index (Phi) is 5.20. The van der Waals surface area contributed by atoms with Gasteiger partial charge in [-0.3, -0.25) is 9.78 Å². The number of rotatable bonds is 5. The molecule has 1 fully saturated rings. The number of piperazine rings is 1. The molecule has 0 radical (unpaired) electrons. The fraction of sp³-hybridized carbons (Fsp3) is 0.250. The number of ketones is 1. The topological polar surface area (TPSA) is 93.1 Å². The van der Waals surface area contributed by atoms with E-state index in [1.807, 2.05) is 24.3 Å². The van der Waals surface area contributed by atoms with Crippen molar-refractivity contribution in [2.75, 3.05) is 38.2 Å². The molecule has 4 rings (SSSR count). The van der Waals surface area contributed by atoms with Gasteiger partial charge in [0.25, 0.3) is 0 Å². The van der Waals surface area contributed by atoms with Gasteiger partial charge < -0.3 is 15.0 Å². The van der Waals surface area contributed by atoms with E-state index in [1.54, 1.807) is 25.4 Å². The molecule has 142 valence electrons. The average Bonchev–Trinajstić information content (AvgIpc) is 2.79. The number of aromatic nitrogens is 4. The molecule has 8 nitrogen and oxygen atoms in total. The lowest BCUT2D eigenvalue weighted by molar-refractivity contribution is 0.102. The second kappa shape index (κ2) is 8.10. The number of nitrogens with zero attached hydrogens (tertiary/aromatic N) is 5. The summed E-state index contributed by atoms with van der Waals surface area (Å²) in [5.74, 6) is 1.35. The number of nitrogens with one attached hydrogen (secondary N) is 1. The summed E-state index contributed by atoms with van der Waals surface area (Å²) in [7, 11) is 1.60. The molecule has 1 N–H and O–H groups in total. The summed E-state index contributed by atoms with van der Waals surface area (Å²) in [6, 6.07) is 10.9. The third kappa shape index (κ3) is 3.67. The molecule has 1 aliphatic rings. The molecule has 28 heavy (non-hydrogen) atoms. The van der Waals surface area contributed by atoms with Gasteiger partial charge in [0.05, 0.1) is 12.7 Å². The molecule has 0 amide bonds. The number of hydrogen-bond acceptors (Lipinski definition) is 8. The summed E-state index contributed by atoms with van der Waals surface area (Å²) in [6.07, 6.45) is 3.13. The van der Waals surface area contributed by atoms with E-state index in [2.05, 4.69) is 30.2 Å². The molecule has 0 unspecified atom stereocenters. The Morgan fingerprint density at radius 2 is 1.89 bits per heavy atom. The highest BCUT2D eigenvalue weighted by Gasteiger charge is 2.21. The molecule has 1 saturated heterocycles. The van der Waals surface area contributed by atoms with Gasteiger partial charge in [0.2, 0.25) is 17.6 Å². The minimum absolute atomic E-state index is 0.0949. The van der Waals surface area contributed by atoms with Crippen LogP contribution in [0, 0.1) is 0 Å². The van der Waals surface area contributed by atoms with E-state index in [0.29, 0.717) is 28.6 Å². The van der Waals surface area contributed by atoms with Crippen LogP contribution in [0.1, 0.15) is 16.2 Å². The summed E-state index contributed by atoms with van der Waals surface area (Å²) < 4.78 is 5.45. The van der Waals surface area contributed by atoms with Gasteiger partial charge in [-0.25, -0.2) is 4.98 Å². The molecule has 2 aromatic heterocycles. The van der Waals surface area contributed by atoms with Crippen LogP contribution in [-0.2, 0) is 0 Å². The number of hydrogen-bond donors (Lipinski definition) is 1. The number of pyridine rings is 1. The SMILES string of the molecule is COc1ccccc1-c1nc(C(=O)c2cccnc2)nc(N2CCNCC2)n1. The Hall–Kier alpha value is -3.39. The number of ether oxygens (including phenoxy) is 1. The molecule has 3 aromatic rings. The molecule has 3 heterocycles. The van der Waals surface area contributed by atoms with Gasteiger partial charge >= 0.3 is 0 Å². The molecule has 1 aliphatic heterocycles. The van der Waals surface area contributed by atoms with E-state index in [4.69, 9.17) is 4.74 Å². The van der Waals surface area contributed by atoms with E-state index in [9.17, 15) is 4.79 Å². The first-order valence-electron chi connectivity index (χ1n) is 9.06. The van der Waals surface area contributed by atoms with Crippen LogP contribution >= 0.6 is 0 Å². The van der Waals surface area contributed by atoms with Gasteiger partial charge in [0.1, 0.15) is 5.75 Å². The monoisotopic (exact) mass is 376 g/mol. The van der Waals surface area contributed by atoms with Gasteiger partial charge in [0, 0.05) is 44.1 Å². The van der Waals surface area contributed by atoms with E-state index in [1.165, 1.54) is 6.20 Å². The van der Waals surface area contributed by atoms with Crippen molar-refractivity contribution < 1.29 is 9.53 Å². The third-order valence-electron chi connectivity index (χ3n) is 4.50. The Morgan fingerprint density at radius 1 is 1.07 bits per heavy atom. The summed E-state index contributed by atoms with van der Waals surface area (Å²) in [6.45, 7) is 3.19. The highest BCUT2D eigenvalue weighted by Crippen LogP contribution is 2.28. The van der Waals surface area contributed by atoms with Gasteiger partial charge in [-0.1, -0.05) is 12.1 Å². The van der Waals surface area contributed by atoms with Gasteiger partial charge in [0.15, 0.2) is 5.82 Å². The van der Waals surface area contributed by atoms with Crippen molar-refractivity contribution in [3.05, 3.63) is 60.2 Å². The second-order valence-electron chi connectivity index (χ2n) is 6.29. The predicted molar refractivity (Wildman–Crippen MR) is 105 cm³/mol. The smallest absolute Gasteiger partial charge is 0.231 e. The molecule has 0 spiro atoms. The third-order valence-corrected chi connectivity index (χ3v) is 4.50. The predicted octanol–water partition coefficient (Wildman–Crippen LogP) is 1.58. The Balaban J connectivity index is 1.82. The molecule has 0 aliphatic carbocycles. The first-order chi connectivity index (χ1) is 13.8. The Labute approximate surface area is 162 Å². The van der Waals surface area contributed by atoms with Crippen LogP contribution in [0.2, 0.25) is 0 Å². The van der Waals surface area contributed by atoms with Crippen molar-refractivity contribution in [3.8, 4) is 17.1 Å². The molecular weight excluding hydrogens is 356 g/mol. The zero-order valence-electron chi connectivity index (χ0n) is 15.5. The maximum Gasteiger partial charge on any atom is 0.231 e. The van der Waals surface area contributed by atoms with Crippen LogP contribution in [-0.4, -0.2) is 59.0 Å². The zero-order valence-corrected chi connectivity index (χ0v) is 15.5. The lowest BCUT2D eigenvalue weighted by Gasteiger charge is -2.27. The van der Waals surface area contributed by atoms with Crippen molar-refractivity contribution in [1.82, 2.24) is 25.3 Å². The van der Waals surface area contributed by atoms with E-state index >= 15 is 0 Å². The minimum Gasteiger partial charge on any atom is -0.496 e. The highest BCUT2D eigenvalue weighted by atomic mass is 16.5. The molecule has 0 atom stereocenters. The van der Waals surface area contributed by atoms with Crippen molar-refractivity contribution in [2.24, 2.45) is 0 Å². The fourth-order valence-electron chi connectivity index (χ4n) is 3.05. The zero-order chi connectivity index (χ0) is 19.3. The van der Waals surface area contributed by atoms with Crippen molar-refractivity contribution in [2.45, 2.75) is 0 Å².